The number of rotatable bonds is 4. The van der Waals surface area contributed by atoms with Crippen LogP contribution in [0.4, 0.5) is 20.4 Å². The molecule has 5 nitrogen and oxygen atoms in total. The molecule has 0 spiro atoms. The lowest BCUT2D eigenvalue weighted by Crippen LogP contribution is -2.00. The lowest BCUT2D eigenvalue weighted by atomic mass is 10.1. The Hall–Kier alpha value is -2.96. The lowest BCUT2D eigenvalue weighted by Gasteiger charge is -2.11. The van der Waals surface area contributed by atoms with Crippen LogP contribution in [0.1, 0.15) is 11.1 Å². The van der Waals surface area contributed by atoms with E-state index in [0.29, 0.717) is 11.6 Å². The minimum Gasteiger partial charge on any atom is -0.497 e. The molecule has 3 aromatic rings. The predicted octanol–water partition coefficient (Wildman–Crippen LogP) is 3.91. The average molecular weight is 330 g/mol. The number of hydrogen-bond donors (Lipinski definition) is 1. The molecule has 2 aromatic carbocycles. The molecule has 0 bridgehead atoms. The van der Waals surface area contributed by atoms with E-state index in [-0.39, 0.29) is 0 Å². The quantitative estimate of drug-likeness (QED) is 0.788. The standard InChI is InChI=1S/C17H16F2N4O/c1-10-6-13(24-3)8-16(11(10)2)21-17-20-9-23(22-17)12-4-5-14(18)15(19)7-12/h4-9H,1-3H3,(H,21,22). The first-order chi connectivity index (χ1) is 11.5. The molecule has 0 atom stereocenters. The fraction of sp³-hybridized carbons (Fsp3) is 0.176. The molecule has 124 valence electrons. The number of benzene rings is 2. The zero-order valence-corrected chi connectivity index (χ0v) is 13.5. The second kappa shape index (κ2) is 6.27. The number of halogens is 2. The monoisotopic (exact) mass is 330 g/mol. The molecular weight excluding hydrogens is 314 g/mol. The molecule has 0 saturated carbocycles. The van der Waals surface area contributed by atoms with E-state index >= 15 is 0 Å². The van der Waals surface area contributed by atoms with Crippen LogP contribution in [-0.4, -0.2) is 21.9 Å². The molecule has 0 radical (unpaired) electrons. The van der Waals surface area contributed by atoms with Gasteiger partial charge >= 0.3 is 0 Å². The first-order valence-corrected chi connectivity index (χ1v) is 7.27. The van der Waals surface area contributed by atoms with Gasteiger partial charge in [0.1, 0.15) is 12.1 Å². The maximum Gasteiger partial charge on any atom is 0.246 e. The Morgan fingerprint density at radius 1 is 1.08 bits per heavy atom. The van der Waals surface area contributed by atoms with Gasteiger partial charge in [0.25, 0.3) is 0 Å². The van der Waals surface area contributed by atoms with E-state index in [2.05, 4.69) is 15.4 Å². The summed E-state index contributed by atoms with van der Waals surface area (Å²) in [5.74, 6) is -0.771. The molecule has 1 aromatic heterocycles. The number of methoxy groups -OCH3 is 1. The number of nitrogens with zero attached hydrogens (tertiary/aromatic N) is 3. The Kier molecular flexibility index (Phi) is 4.16. The summed E-state index contributed by atoms with van der Waals surface area (Å²) < 4.78 is 33.0. The molecule has 0 unspecified atom stereocenters. The largest absolute Gasteiger partial charge is 0.497 e. The summed E-state index contributed by atoms with van der Waals surface area (Å²) in [6.07, 6.45) is 1.43. The van der Waals surface area contributed by atoms with Crippen molar-refractivity contribution in [2.45, 2.75) is 13.8 Å². The zero-order chi connectivity index (χ0) is 17.3. The smallest absolute Gasteiger partial charge is 0.246 e. The second-order valence-corrected chi connectivity index (χ2v) is 5.35. The van der Waals surface area contributed by atoms with Gasteiger partial charge in [0, 0.05) is 17.8 Å². The fourth-order valence-corrected chi connectivity index (χ4v) is 2.27. The summed E-state index contributed by atoms with van der Waals surface area (Å²) in [5.41, 5.74) is 3.31. The van der Waals surface area contributed by atoms with Gasteiger partial charge in [-0.1, -0.05) is 0 Å². The van der Waals surface area contributed by atoms with E-state index in [0.717, 1.165) is 34.7 Å². The minimum absolute atomic E-state index is 0.343. The van der Waals surface area contributed by atoms with Crippen LogP contribution in [0.25, 0.3) is 5.69 Å². The third-order valence-electron chi connectivity index (χ3n) is 3.78. The van der Waals surface area contributed by atoms with Crippen molar-refractivity contribution >= 4 is 11.6 Å². The first kappa shape index (κ1) is 15.9. The van der Waals surface area contributed by atoms with Crippen molar-refractivity contribution in [1.29, 1.82) is 0 Å². The Balaban J connectivity index is 1.89. The average Bonchev–Trinajstić information content (AvgIpc) is 3.02. The van der Waals surface area contributed by atoms with Crippen LogP contribution in [0.5, 0.6) is 5.75 Å². The van der Waals surface area contributed by atoms with Gasteiger partial charge in [-0.25, -0.2) is 13.5 Å². The summed E-state index contributed by atoms with van der Waals surface area (Å²) >= 11 is 0. The Morgan fingerprint density at radius 2 is 1.88 bits per heavy atom. The van der Waals surface area contributed by atoms with E-state index in [9.17, 15) is 8.78 Å². The number of ether oxygens (including phenoxy) is 1. The summed E-state index contributed by atoms with van der Waals surface area (Å²) in [6.45, 7) is 3.96. The minimum atomic E-state index is -0.934. The van der Waals surface area contributed by atoms with E-state index in [1.165, 1.54) is 17.1 Å². The highest BCUT2D eigenvalue weighted by Crippen LogP contribution is 2.27. The van der Waals surface area contributed by atoms with Gasteiger partial charge in [0.15, 0.2) is 11.6 Å². The van der Waals surface area contributed by atoms with Crippen LogP contribution in [0.2, 0.25) is 0 Å². The van der Waals surface area contributed by atoms with Gasteiger partial charge < -0.3 is 10.1 Å². The molecule has 0 aliphatic rings. The number of aryl methyl sites for hydroxylation is 1. The number of aromatic nitrogens is 3. The third-order valence-corrected chi connectivity index (χ3v) is 3.78. The molecule has 1 heterocycles. The molecule has 0 amide bonds. The second-order valence-electron chi connectivity index (χ2n) is 5.35. The van der Waals surface area contributed by atoms with Crippen LogP contribution in [-0.2, 0) is 0 Å². The molecular formula is C17H16F2N4O. The SMILES string of the molecule is COc1cc(C)c(C)c(Nc2ncn(-c3ccc(F)c(F)c3)n2)c1. The Bertz CT molecular complexity index is 892. The van der Waals surface area contributed by atoms with Crippen LogP contribution in [0, 0.1) is 25.5 Å². The highest BCUT2D eigenvalue weighted by molar-refractivity contribution is 5.63. The van der Waals surface area contributed by atoms with Crippen molar-refractivity contribution < 1.29 is 13.5 Å². The van der Waals surface area contributed by atoms with Crippen LogP contribution >= 0.6 is 0 Å². The molecule has 0 aliphatic heterocycles. The Morgan fingerprint density at radius 3 is 2.58 bits per heavy atom. The molecule has 7 heteroatoms. The maximum atomic E-state index is 13.3. The van der Waals surface area contributed by atoms with E-state index in [4.69, 9.17) is 4.74 Å². The van der Waals surface area contributed by atoms with Gasteiger partial charge in [-0.2, -0.15) is 4.98 Å². The van der Waals surface area contributed by atoms with Gasteiger partial charge in [-0.15, -0.1) is 5.10 Å². The molecule has 0 saturated heterocycles. The van der Waals surface area contributed by atoms with Crippen molar-refractivity contribution in [3.05, 3.63) is 59.4 Å². The van der Waals surface area contributed by atoms with Crippen molar-refractivity contribution in [2.24, 2.45) is 0 Å². The third kappa shape index (κ3) is 3.05. The predicted molar refractivity (Wildman–Crippen MR) is 87.0 cm³/mol. The van der Waals surface area contributed by atoms with Gasteiger partial charge in [-0.3, -0.25) is 0 Å². The molecule has 0 fully saturated rings. The highest BCUT2D eigenvalue weighted by Gasteiger charge is 2.10. The number of nitrogens with one attached hydrogen (secondary N) is 1. The number of hydrogen-bond acceptors (Lipinski definition) is 4. The van der Waals surface area contributed by atoms with Crippen LogP contribution < -0.4 is 10.1 Å². The fourth-order valence-electron chi connectivity index (χ4n) is 2.27. The summed E-state index contributed by atoms with van der Waals surface area (Å²) in [6, 6.07) is 7.33. The van der Waals surface area contributed by atoms with Crippen molar-refractivity contribution in [2.75, 3.05) is 12.4 Å². The molecule has 3 rings (SSSR count). The van der Waals surface area contributed by atoms with E-state index in [1.807, 2.05) is 26.0 Å². The molecule has 1 N–H and O–H groups in total. The van der Waals surface area contributed by atoms with E-state index < -0.39 is 11.6 Å². The van der Waals surface area contributed by atoms with Crippen molar-refractivity contribution in [3.8, 4) is 11.4 Å². The number of anilines is 2. The summed E-state index contributed by atoms with van der Waals surface area (Å²) in [7, 11) is 1.60. The van der Waals surface area contributed by atoms with Crippen molar-refractivity contribution in [1.82, 2.24) is 14.8 Å². The molecule has 24 heavy (non-hydrogen) atoms. The zero-order valence-electron chi connectivity index (χ0n) is 13.5. The van der Waals surface area contributed by atoms with Gasteiger partial charge in [-0.05, 0) is 43.2 Å². The highest BCUT2D eigenvalue weighted by atomic mass is 19.2. The van der Waals surface area contributed by atoms with Crippen molar-refractivity contribution in [3.63, 3.8) is 0 Å². The maximum absolute atomic E-state index is 13.3. The Labute approximate surface area is 137 Å². The van der Waals surface area contributed by atoms with Crippen LogP contribution in [0.15, 0.2) is 36.7 Å². The molecule has 0 aliphatic carbocycles. The lowest BCUT2D eigenvalue weighted by molar-refractivity contribution is 0.414. The van der Waals surface area contributed by atoms with E-state index in [1.54, 1.807) is 7.11 Å². The summed E-state index contributed by atoms with van der Waals surface area (Å²) in [5, 5.41) is 7.35. The topological polar surface area (TPSA) is 52.0 Å². The van der Waals surface area contributed by atoms with Gasteiger partial charge in [0.05, 0.1) is 12.8 Å². The normalized spacial score (nSPS) is 10.7. The summed E-state index contributed by atoms with van der Waals surface area (Å²) in [4.78, 5) is 4.15. The first-order valence-electron chi connectivity index (χ1n) is 7.27. The van der Waals surface area contributed by atoms with Crippen LogP contribution in [0.3, 0.4) is 0 Å². The van der Waals surface area contributed by atoms with Gasteiger partial charge in [0.2, 0.25) is 5.95 Å².